The van der Waals surface area contributed by atoms with Gasteiger partial charge in [-0.2, -0.15) is 13.2 Å². The van der Waals surface area contributed by atoms with Crippen LogP contribution in [0, 0.1) is 23.6 Å². The third-order valence-corrected chi connectivity index (χ3v) is 12.0. The molecule has 1 aliphatic heterocycles. The molecule has 5 rings (SSSR count). The highest BCUT2D eigenvalue weighted by Gasteiger charge is 2.62. The Kier molecular flexibility index (Phi) is 7.43. The second kappa shape index (κ2) is 10.3. The third-order valence-electron chi connectivity index (χ3n) is 9.46. The van der Waals surface area contributed by atoms with E-state index in [1.165, 1.54) is 11.0 Å². The highest BCUT2D eigenvalue weighted by atomic mass is 32.2. The maximum atomic E-state index is 14.9. The molecule has 42 heavy (non-hydrogen) atoms. The van der Waals surface area contributed by atoms with E-state index in [-0.39, 0.29) is 53.8 Å². The minimum Gasteiger partial charge on any atom is -0.481 e. The van der Waals surface area contributed by atoms with Gasteiger partial charge in [0.15, 0.2) is 9.84 Å². The van der Waals surface area contributed by atoms with Gasteiger partial charge >= 0.3 is 12.1 Å². The molecule has 3 aliphatic rings. The summed E-state index contributed by atoms with van der Waals surface area (Å²) < 4.78 is 96.1. The molecule has 7 nitrogen and oxygen atoms in total. The Morgan fingerprint density at radius 1 is 1.05 bits per heavy atom. The van der Waals surface area contributed by atoms with Gasteiger partial charge in [0.2, 0.25) is 11.6 Å². The molecule has 2 aliphatic carbocycles. The monoisotopic (exact) mass is 614 g/mol. The molecule has 228 valence electrons. The number of nitrogens with zero attached hydrogens (tertiary/aromatic N) is 2. The summed E-state index contributed by atoms with van der Waals surface area (Å²) in [4.78, 5) is 30.7. The number of alkyl halides is 4. The normalized spacial score (nSPS) is 29.4. The van der Waals surface area contributed by atoms with Crippen molar-refractivity contribution in [3.8, 4) is 0 Å². The van der Waals surface area contributed by atoms with Crippen LogP contribution < -0.4 is 0 Å². The summed E-state index contributed by atoms with van der Waals surface area (Å²) in [6.45, 7) is 2.18. The van der Waals surface area contributed by atoms with Gasteiger partial charge in [0, 0.05) is 18.2 Å². The lowest BCUT2D eigenvalue weighted by Crippen LogP contribution is -2.54. The fourth-order valence-corrected chi connectivity index (χ4v) is 9.42. The molecule has 1 aromatic heterocycles. The number of rotatable bonds is 5. The van der Waals surface area contributed by atoms with Gasteiger partial charge in [0.05, 0.1) is 22.5 Å². The second-order valence-corrected chi connectivity index (χ2v) is 14.0. The van der Waals surface area contributed by atoms with E-state index in [1.54, 1.807) is 6.92 Å². The Bertz CT molecular complexity index is 1510. The molecule has 6 atom stereocenters. The third kappa shape index (κ3) is 4.58. The first-order valence-electron chi connectivity index (χ1n) is 13.8. The van der Waals surface area contributed by atoms with Crippen molar-refractivity contribution in [1.82, 2.24) is 9.88 Å². The van der Waals surface area contributed by atoms with Crippen molar-refractivity contribution in [2.45, 2.75) is 79.9 Å². The van der Waals surface area contributed by atoms with Crippen LogP contribution in [-0.4, -0.2) is 54.0 Å². The van der Waals surface area contributed by atoms with Crippen LogP contribution >= 0.6 is 0 Å². The number of aromatic nitrogens is 1. The number of pyridine rings is 1. The van der Waals surface area contributed by atoms with Gasteiger partial charge in [-0.05, 0) is 87.3 Å². The Morgan fingerprint density at radius 3 is 2.31 bits per heavy atom. The molecule has 1 aromatic carbocycles. The SMILES string of the molecule is C[C@H]1C[C@H](C(=O)O)CC[C@H]1C(=O)N1CCC2(S(=O)(=O)c3ccc(F)cc3)c3ccc(C(C)(F)C(F)(F)F)nc3CCC12. The predicted molar refractivity (Wildman–Crippen MR) is 140 cm³/mol. The number of hydrogen-bond acceptors (Lipinski definition) is 5. The van der Waals surface area contributed by atoms with Gasteiger partial charge in [-0.3, -0.25) is 14.6 Å². The van der Waals surface area contributed by atoms with Crippen LogP contribution in [0.15, 0.2) is 41.3 Å². The average molecular weight is 615 g/mol. The Balaban J connectivity index is 1.60. The molecule has 2 fully saturated rings. The molecule has 0 bridgehead atoms. The van der Waals surface area contributed by atoms with Gasteiger partial charge in [0.1, 0.15) is 10.6 Å². The van der Waals surface area contributed by atoms with E-state index in [0.717, 1.165) is 30.3 Å². The van der Waals surface area contributed by atoms with E-state index < -0.39 is 61.8 Å². The fraction of sp³-hybridized carbons (Fsp3) is 0.552. The molecule has 0 radical (unpaired) electrons. The summed E-state index contributed by atoms with van der Waals surface area (Å²) in [5.41, 5.74) is -4.56. The lowest BCUT2D eigenvalue weighted by molar-refractivity contribution is -0.230. The highest BCUT2D eigenvalue weighted by Crippen LogP contribution is 2.54. The number of fused-ring (bicyclic) bond motifs is 3. The summed E-state index contributed by atoms with van der Waals surface area (Å²) in [6, 6.07) is 5.29. The summed E-state index contributed by atoms with van der Waals surface area (Å²) >= 11 is 0. The van der Waals surface area contributed by atoms with E-state index in [9.17, 15) is 45.1 Å². The predicted octanol–water partition coefficient (Wildman–Crippen LogP) is 5.32. The number of hydrogen-bond donors (Lipinski definition) is 1. The van der Waals surface area contributed by atoms with Crippen LogP contribution in [0.1, 0.15) is 62.9 Å². The van der Waals surface area contributed by atoms with Crippen LogP contribution in [0.5, 0.6) is 0 Å². The zero-order chi connectivity index (χ0) is 30.8. The van der Waals surface area contributed by atoms with Crippen molar-refractivity contribution in [3.05, 3.63) is 59.2 Å². The molecule has 2 heterocycles. The van der Waals surface area contributed by atoms with Crippen LogP contribution in [0.3, 0.4) is 0 Å². The molecule has 1 amide bonds. The first-order chi connectivity index (χ1) is 19.5. The Hall–Kier alpha value is -3.09. The molecule has 1 saturated carbocycles. The van der Waals surface area contributed by atoms with Crippen LogP contribution in [-0.2, 0) is 36.3 Å². The van der Waals surface area contributed by atoms with Crippen LogP contribution in [0.2, 0.25) is 0 Å². The van der Waals surface area contributed by atoms with E-state index >= 15 is 0 Å². The lowest BCUT2D eigenvalue weighted by atomic mass is 9.74. The number of sulfone groups is 1. The zero-order valence-electron chi connectivity index (χ0n) is 23.0. The van der Waals surface area contributed by atoms with Gasteiger partial charge in [0.25, 0.3) is 0 Å². The lowest BCUT2D eigenvalue weighted by Gasteiger charge is -2.43. The zero-order valence-corrected chi connectivity index (χ0v) is 23.8. The van der Waals surface area contributed by atoms with Crippen molar-refractivity contribution in [1.29, 1.82) is 0 Å². The van der Waals surface area contributed by atoms with Gasteiger partial charge in [-0.1, -0.05) is 13.0 Å². The standard InChI is InChI=1S/C29H31F5N2O5S/c1-16-15-17(26(38)39)3-8-20(16)25(37)36-14-13-28(42(40,41)19-6-4-18(30)5-7-19)21-9-11-23(27(2,31)29(32,33)34)35-22(21)10-12-24(28)36/h4-7,9,11,16-17,20,24H,3,8,10,12-15H2,1-2H3,(H,38,39)/t16-,17+,20+,24?,27?,28?/m0/s1. The van der Waals surface area contributed by atoms with Crippen LogP contribution in [0.25, 0.3) is 0 Å². The smallest absolute Gasteiger partial charge is 0.428 e. The number of likely N-dealkylation sites (tertiary alicyclic amines) is 1. The summed E-state index contributed by atoms with van der Waals surface area (Å²) in [5.74, 6) is -3.24. The Labute approximate surface area is 240 Å². The van der Waals surface area contributed by atoms with Crippen molar-refractivity contribution >= 4 is 21.7 Å². The number of aliphatic carboxylic acids is 1. The molecule has 0 spiro atoms. The van der Waals surface area contributed by atoms with E-state index in [4.69, 9.17) is 0 Å². The van der Waals surface area contributed by atoms with Gasteiger partial charge in [-0.15, -0.1) is 0 Å². The molecular formula is C29H31F5N2O5S. The molecule has 13 heteroatoms. The maximum Gasteiger partial charge on any atom is 0.428 e. The van der Waals surface area contributed by atoms with Crippen molar-refractivity contribution in [2.24, 2.45) is 17.8 Å². The number of carboxylic acids is 1. The highest BCUT2D eigenvalue weighted by molar-refractivity contribution is 7.92. The number of benzene rings is 1. The quantitative estimate of drug-likeness (QED) is 0.361. The first-order valence-corrected chi connectivity index (χ1v) is 15.3. The number of carboxylic acid groups (broad SMARTS) is 1. The van der Waals surface area contributed by atoms with Gasteiger partial charge in [-0.25, -0.2) is 17.2 Å². The Morgan fingerprint density at radius 2 is 1.71 bits per heavy atom. The van der Waals surface area contributed by atoms with Gasteiger partial charge < -0.3 is 10.0 Å². The van der Waals surface area contributed by atoms with Crippen LogP contribution in [0.4, 0.5) is 22.0 Å². The molecule has 3 unspecified atom stereocenters. The van der Waals surface area contributed by atoms with E-state index in [1.807, 2.05) is 0 Å². The first kappa shape index (κ1) is 30.4. The molecular weight excluding hydrogens is 583 g/mol. The minimum atomic E-state index is -5.25. The molecule has 1 saturated heterocycles. The number of aryl methyl sites for hydroxylation is 1. The average Bonchev–Trinajstić information content (AvgIpc) is 3.33. The summed E-state index contributed by atoms with van der Waals surface area (Å²) in [6.07, 6.45) is -4.36. The topological polar surface area (TPSA) is 105 Å². The van der Waals surface area contributed by atoms with Crippen molar-refractivity contribution in [2.75, 3.05) is 6.54 Å². The molecule has 2 aromatic rings. The maximum absolute atomic E-state index is 14.9. The summed E-state index contributed by atoms with van der Waals surface area (Å²) in [7, 11) is -4.39. The number of carbonyl (C=O) groups excluding carboxylic acids is 1. The van der Waals surface area contributed by atoms with Crippen molar-refractivity contribution in [3.63, 3.8) is 0 Å². The second-order valence-electron chi connectivity index (χ2n) is 11.8. The largest absolute Gasteiger partial charge is 0.481 e. The number of halogens is 5. The molecule has 1 N–H and O–H groups in total. The van der Waals surface area contributed by atoms with E-state index in [0.29, 0.717) is 26.2 Å². The summed E-state index contributed by atoms with van der Waals surface area (Å²) in [5, 5.41) is 9.43. The fourth-order valence-electron chi connectivity index (χ4n) is 7.07. The number of carbonyl (C=O) groups is 2. The minimum absolute atomic E-state index is 0.00666. The van der Waals surface area contributed by atoms with Crippen molar-refractivity contribution < 1.29 is 45.1 Å². The van der Waals surface area contributed by atoms with E-state index in [2.05, 4.69) is 4.98 Å². The number of amides is 1.